The van der Waals surface area contributed by atoms with E-state index in [1.807, 2.05) is 42.5 Å². The first-order valence-corrected chi connectivity index (χ1v) is 17.4. The molecule has 0 radical (unpaired) electrons. The molecule has 0 saturated heterocycles. The first-order valence-electron chi connectivity index (χ1n) is 17.4. The number of aromatic nitrogens is 1. The Kier molecular flexibility index (Phi) is 7.07. The molecule has 0 aliphatic carbocycles. The standard InChI is InChI=1S/C47H31N3O2/c1-5-16-32(17-6-1)47-48-46-42(52-47)29-28-41-45(46)44-39-27-14-13-26-38(39)40(31-43(44)51-41)50(35-22-11-4-12-23-35)37-25-15-24-36(30-37)49(33-18-7-2-8-19-33)34-20-9-3-10-21-34/h1-31H. The maximum absolute atomic E-state index is 6.71. The van der Waals surface area contributed by atoms with Crippen LogP contribution in [-0.2, 0) is 0 Å². The van der Waals surface area contributed by atoms with Crippen molar-refractivity contribution in [3.63, 3.8) is 0 Å². The zero-order valence-corrected chi connectivity index (χ0v) is 28.1. The fourth-order valence-corrected chi connectivity index (χ4v) is 7.36. The van der Waals surface area contributed by atoms with Gasteiger partial charge < -0.3 is 18.6 Å². The van der Waals surface area contributed by atoms with E-state index in [1.165, 1.54) is 0 Å². The number of rotatable bonds is 7. The van der Waals surface area contributed by atoms with Crippen molar-refractivity contribution in [2.75, 3.05) is 9.80 Å². The first kappa shape index (κ1) is 29.8. The van der Waals surface area contributed by atoms with Crippen LogP contribution in [0.2, 0.25) is 0 Å². The van der Waals surface area contributed by atoms with Crippen molar-refractivity contribution >= 4 is 77.9 Å². The SMILES string of the molecule is c1ccc(-c2nc3c(ccc4oc5cc(N(c6ccccc6)c6cccc(N(c7ccccc7)c7ccccc7)c6)c6ccccc6c5c43)o2)cc1. The van der Waals surface area contributed by atoms with Crippen molar-refractivity contribution < 1.29 is 8.83 Å². The minimum atomic E-state index is 0.591. The summed E-state index contributed by atoms with van der Waals surface area (Å²) in [5.74, 6) is 0.591. The summed E-state index contributed by atoms with van der Waals surface area (Å²) < 4.78 is 13.0. The molecule has 8 aromatic carbocycles. The topological polar surface area (TPSA) is 45.7 Å². The number of hydrogen-bond donors (Lipinski definition) is 0. The summed E-state index contributed by atoms with van der Waals surface area (Å²) in [6.07, 6.45) is 0. The Balaban J connectivity index is 1.20. The van der Waals surface area contributed by atoms with Gasteiger partial charge in [0.2, 0.25) is 5.89 Å². The average Bonchev–Trinajstić information content (AvgIpc) is 3.82. The molecule has 0 amide bonds. The van der Waals surface area contributed by atoms with E-state index in [9.17, 15) is 0 Å². The highest BCUT2D eigenvalue weighted by Crippen LogP contribution is 2.47. The van der Waals surface area contributed by atoms with E-state index in [0.717, 1.165) is 83.5 Å². The lowest BCUT2D eigenvalue weighted by Gasteiger charge is -2.30. The molecule has 0 spiro atoms. The summed E-state index contributed by atoms with van der Waals surface area (Å²) in [5, 5.41) is 4.15. The van der Waals surface area contributed by atoms with Crippen LogP contribution in [0.4, 0.5) is 34.1 Å². The minimum absolute atomic E-state index is 0.591. The van der Waals surface area contributed by atoms with Crippen LogP contribution in [0.5, 0.6) is 0 Å². The summed E-state index contributed by atoms with van der Waals surface area (Å²) in [4.78, 5) is 9.64. The number of benzene rings is 8. The first-order chi connectivity index (χ1) is 25.8. The van der Waals surface area contributed by atoms with Gasteiger partial charge in [0.1, 0.15) is 16.7 Å². The summed E-state index contributed by atoms with van der Waals surface area (Å²) in [7, 11) is 0. The molecule has 10 rings (SSSR count). The van der Waals surface area contributed by atoms with Gasteiger partial charge in [-0.3, -0.25) is 0 Å². The van der Waals surface area contributed by atoms with E-state index in [-0.39, 0.29) is 0 Å². The van der Waals surface area contributed by atoms with Crippen LogP contribution < -0.4 is 9.80 Å². The Morgan fingerprint density at radius 1 is 0.365 bits per heavy atom. The van der Waals surface area contributed by atoms with Crippen LogP contribution in [0.15, 0.2) is 197 Å². The third-order valence-corrected chi connectivity index (χ3v) is 9.63. The Morgan fingerprint density at radius 3 is 1.54 bits per heavy atom. The van der Waals surface area contributed by atoms with Crippen molar-refractivity contribution in [1.29, 1.82) is 0 Å². The molecule has 0 atom stereocenters. The number of oxazole rings is 1. The van der Waals surface area contributed by atoms with Gasteiger partial charge in [0.25, 0.3) is 0 Å². The molecule has 0 fully saturated rings. The molecule has 5 heteroatoms. The fourth-order valence-electron chi connectivity index (χ4n) is 7.36. The van der Waals surface area contributed by atoms with Gasteiger partial charge in [0, 0.05) is 50.8 Å². The molecule has 0 aliphatic rings. The van der Waals surface area contributed by atoms with Gasteiger partial charge in [0.05, 0.1) is 11.1 Å². The van der Waals surface area contributed by atoms with E-state index in [2.05, 4.69) is 155 Å². The van der Waals surface area contributed by atoms with E-state index in [4.69, 9.17) is 13.8 Å². The third kappa shape index (κ3) is 4.98. The Morgan fingerprint density at radius 2 is 0.885 bits per heavy atom. The van der Waals surface area contributed by atoms with E-state index >= 15 is 0 Å². The Bertz CT molecular complexity index is 2810. The van der Waals surface area contributed by atoms with Crippen LogP contribution in [-0.4, -0.2) is 4.98 Å². The zero-order valence-electron chi connectivity index (χ0n) is 28.1. The van der Waals surface area contributed by atoms with E-state index < -0.39 is 0 Å². The van der Waals surface area contributed by atoms with Crippen molar-refractivity contribution in [3.8, 4) is 11.5 Å². The molecule has 10 aromatic rings. The van der Waals surface area contributed by atoms with Crippen LogP contribution in [0, 0.1) is 0 Å². The second-order valence-corrected chi connectivity index (χ2v) is 12.8. The minimum Gasteiger partial charge on any atom is -0.456 e. The molecule has 0 N–H and O–H groups in total. The number of para-hydroxylation sites is 3. The molecule has 0 aliphatic heterocycles. The molecule has 2 aromatic heterocycles. The van der Waals surface area contributed by atoms with Crippen molar-refractivity contribution in [1.82, 2.24) is 4.98 Å². The Hall–Kier alpha value is -7.11. The van der Waals surface area contributed by atoms with Crippen LogP contribution in [0.25, 0.3) is 55.3 Å². The van der Waals surface area contributed by atoms with Gasteiger partial charge in [-0.05, 0) is 84.2 Å². The lowest BCUT2D eigenvalue weighted by Crippen LogP contribution is -2.13. The van der Waals surface area contributed by atoms with Crippen LogP contribution in [0.1, 0.15) is 0 Å². The molecular formula is C47H31N3O2. The summed E-state index contributed by atoms with van der Waals surface area (Å²) in [5.41, 5.74) is 10.3. The summed E-state index contributed by atoms with van der Waals surface area (Å²) >= 11 is 0. The molecule has 2 heterocycles. The molecule has 5 nitrogen and oxygen atoms in total. The lowest BCUT2D eigenvalue weighted by molar-refractivity contribution is 0.619. The smallest absolute Gasteiger partial charge is 0.227 e. The summed E-state index contributed by atoms with van der Waals surface area (Å²) in [6, 6.07) is 65.0. The maximum atomic E-state index is 6.71. The fraction of sp³-hybridized carbons (Fsp3) is 0. The molecular weight excluding hydrogens is 639 g/mol. The number of anilines is 6. The highest BCUT2D eigenvalue weighted by atomic mass is 16.4. The monoisotopic (exact) mass is 669 g/mol. The van der Waals surface area contributed by atoms with Crippen LogP contribution in [0.3, 0.4) is 0 Å². The average molecular weight is 670 g/mol. The van der Waals surface area contributed by atoms with Gasteiger partial charge >= 0.3 is 0 Å². The van der Waals surface area contributed by atoms with Gasteiger partial charge in [-0.15, -0.1) is 0 Å². The molecule has 52 heavy (non-hydrogen) atoms. The van der Waals surface area contributed by atoms with Gasteiger partial charge in [-0.25, -0.2) is 4.98 Å². The summed E-state index contributed by atoms with van der Waals surface area (Å²) in [6.45, 7) is 0. The van der Waals surface area contributed by atoms with Gasteiger partial charge in [0.15, 0.2) is 5.58 Å². The predicted molar refractivity (Wildman–Crippen MR) is 214 cm³/mol. The largest absolute Gasteiger partial charge is 0.456 e. The Labute approximate surface area is 300 Å². The molecule has 0 bridgehead atoms. The van der Waals surface area contributed by atoms with Gasteiger partial charge in [-0.2, -0.15) is 0 Å². The quantitative estimate of drug-likeness (QED) is 0.169. The van der Waals surface area contributed by atoms with E-state index in [1.54, 1.807) is 0 Å². The second kappa shape index (κ2) is 12.3. The van der Waals surface area contributed by atoms with Crippen molar-refractivity contribution in [3.05, 3.63) is 188 Å². The zero-order chi connectivity index (χ0) is 34.4. The lowest BCUT2D eigenvalue weighted by atomic mass is 10.00. The molecule has 0 unspecified atom stereocenters. The van der Waals surface area contributed by atoms with Crippen molar-refractivity contribution in [2.45, 2.75) is 0 Å². The number of nitrogens with zero attached hydrogens (tertiary/aromatic N) is 3. The number of hydrogen-bond acceptors (Lipinski definition) is 5. The molecule has 246 valence electrons. The van der Waals surface area contributed by atoms with Crippen LogP contribution >= 0.6 is 0 Å². The van der Waals surface area contributed by atoms with Crippen molar-refractivity contribution in [2.24, 2.45) is 0 Å². The maximum Gasteiger partial charge on any atom is 0.227 e. The third-order valence-electron chi connectivity index (χ3n) is 9.63. The second-order valence-electron chi connectivity index (χ2n) is 12.8. The van der Waals surface area contributed by atoms with E-state index in [0.29, 0.717) is 5.89 Å². The number of furan rings is 1. The van der Waals surface area contributed by atoms with Gasteiger partial charge in [-0.1, -0.05) is 103 Å². The predicted octanol–water partition coefficient (Wildman–Crippen LogP) is 13.5. The highest BCUT2D eigenvalue weighted by molar-refractivity contribution is 6.27. The normalized spacial score (nSPS) is 11.5. The highest BCUT2D eigenvalue weighted by Gasteiger charge is 2.23. The number of fused-ring (bicyclic) bond motifs is 7. The molecule has 0 saturated carbocycles.